The molecule has 1 aromatic rings. The first-order valence-electron chi connectivity index (χ1n) is 7.77. The molecule has 1 saturated heterocycles. The standard InChI is InChI=1S/C16H26N2O2S/c1-4-17-12-15-10-13(2)14(3)16(11-15)21(19,20)18-8-6-5-7-9-18/h10-11,17H,4-9,12H2,1-3H3. The zero-order chi connectivity index (χ0) is 15.5. The van der Waals surface area contributed by atoms with Crippen molar-refractivity contribution >= 4 is 10.0 Å². The van der Waals surface area contributed by atoms with Crippen molar-refractivity contribution in [3.8, 4) is 0 Å². The van der Waals surface area contributed by atoms with E-state index >= 15 is 0 Å². The largest absolute Gasteiger partial charge is 0.313 e. The van der Waals surface area contributed by atoms with Crippen LogP contribution in [-0.4, -0.2) is 32.4 Å². The molecule has 0 aromatic heterocycles. The van der Waals surface area contributed by atoms with E-state index in [0.29, 0.717) is 24.5 Å². The summed E-state index contributed by atoms with van der Waals surface area (Å²) < 4.78 is 27.4. The van der Waals surface area contributed by atoms with E-state index in [1.54, 1.807) is 4.31 Å². The maximum Gasteiger partial charge on any atom is 0.243 e. The zero-order valence-electron chi connectivity index (χ0n) is 13.3. The summed E-state index contributed by atoms with van der Waals surface area (Å²) in [5, 5.41) is 3.26. The smallest absolute Gasteiger partial charge is 0.243 e. The number of benzene rings is 1. The van der Waals surface area contributed by atoms with Gasteiger partial charge in [-0.05, 0) is 56.0 Å². The van der Waals surface area contributed by atoms with E-state index in [4.69, 9.17) is 0 Å². The molecule has 0 aliphatic carbocycles. The number of nitrogens with one attached hydrogen (secondary N) is 1. The Morgan fingerprint density at radius 2 is 1.81 bits per heavy atom. The molecular formula is C16H26N2O2S. The number of piperidine rings is 1. The maximum absolute atomic E-state index is 12.9. The molecule has 21 heavy (non-hydrogen) atoms. The van der Waals surface area contributed by atoms with Crippen LogP contribution in [0.25, 0.3) is 0 Å². The summed E-state index contributed by atoms with van der Waals surface area (Å²) in [7, 11) is -3.36. The van der Waals surface area contributed by atoms with Crippen molar-refractivity contribution in [2.45, 2.75) is 51.5 Å². The average molecular weight is 310 g/mol. The van der Waals surface area contributed by atoms with Crippen LogP contribution < -0.4 is 5.32 Å². The van der Waals surface area contributed by atoms with E-state index in [-0.39, 0.29) is 0 Å². The predicted octanol–water partition coefficient (Wildman–Crippen LogP) is 2.59. The van der Waals surface area contributed by atoms with Gasteiger partial charge in [-0.15, -0.1) is 0 Å². The van der Waals surface area contributed by atoms with Crippen LogP contribution in [0.4, 0.5) is 0 Å². The van der Waals surface area contributed by atoms with E-state index in [1.165, 1.54) is 0 Å². The van der Waals surface area contributed by atoms with Crippen LogP contribution in [0.2, 0.25) is 0 Å². The van der Waals surface area contributed by atoms with Crippen LogP contribution in [0.1, 0.15) is 42.9 Å². The summed E-state index contributed by atoms with van der Waals surface area (Å²) in [5.41, 5.74) is 2.96. The van der Waals surface area contributed by atoms with Gasteiger partial charge in [0.2, 0.25) is 10.0 Å². The summed E-state index contributed by atoms with van der Waals surface area (Å²) >= 11 is 0. The minimum Gasteiger partial charge on any atom is -0.313 e. The fourth-order valence-corrected chi connectivity index (χ4v) is 4.65. The Kier molecular flexibility index (Phi) is 5.41. The first-order chi connectivity index (χ1) is 9.96. The molecule has 0 atom stereocenters. The molecule has 4 nitrogen and oxygen atoms in total. The zero-order valence-corrected chi connectivity index (χ0v) is 14.1. The van der Waals surface area contributed by atoms with E-state index in [0.717, 1.165) is 42.5 Å². The van der Waals surface area contributed by atoms with Gasteiger partial charge in [0.25, 0.3) is 0 Å². The molecule has 2 rings (SSSR count). The monoisotopic (exact) mass is 310 g/mol. The Balaban J connectivity index is 2.38. The van der Waals surface area contributed by atoms with Crippen LogP contribution in [0.3, 0.4) is 0 Å². The highest BCUT2D eigenvalue weighted by atomic mass is 32.2. The normalized spacial score (nSPS) is 17.1. The van der Waals surface area contributed by atoms with Crippen molar-refractivity contribution in [1.82, 2.24) is 9.62 Å². The summed E-state index contributed by atoms with van der Waals surface area (Å²) in [5.74, 6) is 0. The first-order valence-corrected chi connectivity index (χ1v) is 9.22. The molecule has 0 amide bonds. The molecular weight excluding hydrogens is 284 g/mol. The van der Waals surface area contributed by atoms with Gasteiger partial charge < -0.3 is 5.32 Å². The summed E-state index contributed by atoms with van der Waals surface area (Å²) in [4.78, 5) is 0.484. The Morgan fingerprint density at radius 3 is 2.43 bits per heavy atom. The summed E-state index contributed by atoms with van der Waals surface area (Å²) in [6.07, 6.45) is 3.06. The first kappa shape index (κ1) is 16.5. The van der Waals surface area contributed by atoms with Gasteiger partial charge in [0.15, 0.2) is 0 Å². The molecule has 1 aromatic carbocycles. The molecule has 0 saturated carbocycles. The van der Waals surface area contributed by atoms with Gasteiger partial charge >= 0.3 is 0 Å². The van der Waals surface area contributed by atoms with Gasteiger partial charge in [-0.1, -0.05) is 19.4 Å². The number of sulfonamides is 1. The molecule has 0 spiro atoms. The Morgan fingerprint density at radius 1 is 1.14 bits per heavy atom. The van der Waals surface area contributed by atoms with Gasteiger partial charge in [0, 0.05) is 19.6 Å². The van der Waals surface area contributed by atoms with Gasteiger partial charge in [-0.2, -0.15) is 4.31 Å². The summed E-state index contributed by atoms with van der Waals surface area (Å²) in [6.45, 7) is 8.83. The van der Waals surface area contributed by atoms with Crippen LogP contribution in [-0.2, 0) is 16.6 Å². The third kappa shape index (κ3) is 3.65. The molecule has 1 heterocycles. The fraction of sp³-hybridized carbons (Fsp3) is 0.625. The van der Waals surface area contributed by atoms with Gasteiger partial charge in [0.1, 0.15) is 0 Å². The number of rotatable bonds is 5. The van der Waals surface area contributed by atoms with Crippen molar-refractivity contribution in [1.29, 1.82) is 0 Å². The highest BCUT2D eigenvalue weighted by molar-refractivity contribution is 7.89. The summed E-state index contributed by atoms with van der Waals surface area (Å²) in [6, 6.07) is 3.92. The van der Waals surface area contributed by atoms with Gasteiger partial charge in [-0.25, -0.2) is 8.42 Å². The van der Waals surface area contributed by atoms with Crippen LogP contribution in [0.5, 0.6) is 0 Å². The lowest BCUT2D eigenvalue weighted by Crippen LogP contribution is -2.36. The van der Waals surface area contributed by atoms with Crippen molar-refractivity contribution in [3.63, 3.8) is 0 Å². The molecule has 1 fully saturated rings. The Bertz CT molecular complexity index is 591. The van der Waals surface area contributed by atoms with Crippen LogP contribution >= 0.6 is 0 Å². The molecule has 118 valence electrons. The maximum atomic E-state index is 12.9. The second kappa shape index (κ2) is 6.90. The van der Waals surface area contributed by atoms with Crippen molar-refractivity contribution < 1.29 is 8.42 Å². The van der Waals surface area contributed by atoms with Crippen LogP contribution in [0.15, 0.2) is 17.0 Å². The molecule has 5 heteroatoms. The number of hydrogen-bond acceptors (Lipinski definition) is 3. The minimum atomic E-state index is -3.36. The lowest BCUT2D eigenvalue weighted by molar-refractivity contribution is 0.346. The molecule has 1 aliphatic rings. The quantitative estimate of drug-likeness (QED) is 0.909. The third-order valence-corrected chi connectivity index (χ3v) is 6.22. The second-order valence-corrected chi connectivity index (χ2v) is 7.69. The molecule has 0 bridgehead atoms. The Hall–Kier alpha value is -0.910. The predicted molar refractivity (Wildman–Crippen MR) is 85.9 cm³/mol. The second-order valence-electron chi connectivity index (χ2n) is 5.78. The fourth-order valence-electron chi connectivity index (χ4n) is 2.78. The highest BCUT2D eigenvalue weighted by Crippen LogP contribution is 2.26. The van der Waals surface area contributed by atoms with E-state index in [2.05, 4.69) is 11.4 Å². The van der Waals surface area contributed by atoms with Crippen molar-refractivity contribution in [2.24, 2.45) is 0 Å². The van der Waals surface area contributed by atoms with E-state index in [9.17, 15) is 8.42 Å². The van der Waals surface area contributed by atoms with Crippen molar-refractivity contribution in [3.05, 3.63) is 28.8 Å². The number of hydrogen-bond donors (Lipinski definition) is 1. The topological polar surface area (TPSA) is 49.4 Å². The van der Waals surface area contributed by atoms with E-state index in [1.807, 2.05) is 26.8 Å². The van der Waals surface area contributed by atoms with Crippen LogP contribution in [0, 0.1) is 13.8 Å². The SMILES string of the molecule is CCNCc1cc(C)c(C)c(S(=O)(=O)N2CCCCC2)c1. The lowest BCUT2D eigenvalue weighted by atomic mass is 10.1. The minimum absolute atomic E-state index is 0.484. The number of nitrogens with zero attached hydrogens (tertiary/aromatic N) is 1. The lowest BCUT2D eigenvalue weighted by Gasteiger charge is -2.27. The third-order valence-electron chi connectivity index (χ3n) is 4.19. The van der Waals surface area contributed by atoms with Gasteiger partial charge in [0.05, 0.1) is 4.90 Å². The van der Waals surface area contributed by atoms with Gasteiger partial charge in [-0.3, -0.25) is 0 Å². The highest BCUT2D eigenvalue weighted by Gasteiger charge is 2.28. The number of aryl methyl sites for hydroxylation is 1. The molecule has 0 radical (unpaired) electrons. The molecule has 0 unspecified atom stereocenters. The molecule has 1 N–H and O–H groups in total. The van der Waals surface area contributed by atoms with Crippen molar-refractivity contribution in [2.75, 3.05) is 19.6 Å². The van der Waals surface area contributed by atoms with E-state index < -0.39 is 10.0 Å². The molecule has 1 aliphatic heterocycles. The Labute approximate surface area is 128 Å². The average Bonchev–Trinajstić information content (AvgIpc) is 2.49.